The van der Waals surface area contributed by atoms with E-state index >= 15 is 0 Å². The molecular weight excluding hydrogens is 346 g/mol. The number of thiophene rings is 1. The van der Waals surface area contributed by atoms with Crippen LogP contribution < -0.4 is 10.6 Å². The van der Waals surface area contributed by atoms with Crippen molar-refractivity contribution in [2.24, 2.45) is 0 Å². The second kappa shape index (κ2) is 8.62. The fourth-order valence-corrected chi connectivity index (χ4v) is 3.61. The van der Waals surface area contributed by atoms with E-state index in [1.165, 1.54) is 5.38 Å². The lowest BCUT2D eigenvalue weighted by Gasteiger charge is -2.13. The summed E-state index contributed by atoms with van der Waals surface area (Å²) in [5.41, 5.74) is 0. The number of hydrogen-bond acceptors (Lipinski definition) is 5. The van der Waals surface area contributed by atoms with Gasteiger partial charge in [-0.25, -0.2) is 8.42 Å². The Hall–Kier alpha value is -0.770. The number of nitrogens with one attached hydrogen (secondary N) is 2. The Morgan fingerprint density at radius 2 is 2.05 bits per heavy atom. The van der Waals surface area contributed by atoms with Crippen LogP contribution in [-0.2, 0) is 9.84 Å². The molecule has 0 saturated carbocycles. The highest BCUT2D eigenvalue weighted by molar-refractivity contribution is 7.92. The van der Waals surface area contributed by atoms with E-state index in [-0.39, 0.29) is 29.9 Å². The molecule has 1 rings (SSSR count). The fraction of sp³-hybridized carbons (Fsp3) is 0.545. The summed E-state index contributed by atoms with van der Waals surface area (Å²) in [6.07, 6.45) is 0. The van der Waals surface area contributed by atoms with Gasteiger partial charge in [-0.15, -0.1) is 23.7 Å². The van der Waals surface area contributed by atoms with Crippen LogP contribution in [0.5, 0.6) is 0 Å². The van der Waals surface area contributed by atoms with Crippen LogP contribution in [-0.4, -0.2) is 39.2 Å². The smallest absolute Gasteiger partial charge is 0.341 e. The molecule has 1 atom stereocenters. The highest BCUT2D eigenvalue weighted by atomic mass is 35.5. The molecule has 0 radical (unpaired) electrons. The number of halogens is 3. The van der Waals surface area contributed by atoms with E-state index in [9.17, 15) is 22.0 Å². The first-order valence-corrected chi connectivity index (χ1v) is 8.34. The summed E-state index contributed by atoms with van der Waals surface area (Å²) in [6.45, 7) is 4.75. The molecule has 0 saturated heterocycles. The number of sulfone groups is 1. The molecule has 1 aromatic rings. The molecule has 1 heterocycles. The molecule has 5 nitrogen and oxygen atoms in total. The summed E-state index contributed by atoms with van der Waals surface area (Å²) in [4.78, 5) is 11.0. The summed E-state index contributed by atoms with van der Waals surface area (Å²) in [7, 11) is -4.76. The normalized spacial score (nSPS) is 12.8. The monoisotopic (exact) mass is 362 g/mol. The van der Waals surface area contributed by atoms with Gasteiger partial charge in [0.15, 0.2) is 0 Å². The molecule has 1 amide bonds. The minimum Gasteiger partial charge on any atom is -0.350 e. The lowest BCUT2D eigenvalue weighted by atomic mass is 10.3. The van der Waals surface area contributed by atoms with Crippen molar-refractivity contribution in [1.82, 2.24) is 10.6 Å². The number of hydrogen-bond donors (Lipinski definition) is 2. The molecule has 122 valence electrons. The summed E-state index contributed by atoms with van der Waals surface area (Å²) in [5, 5.41) is 6.88. The van der Waals surface area contributed by atoms with Crippen molar-refractivity contribution in [3.05, 3.63) is 16.3 Å². The van der Waals surface area contributed by atoms with Crippen molar-refractivity contribution < 1.29 is 22.0 Å². The first-order chi connectivity index (χ1) is 9.30. The molecule has 1 aromatic heterocycles. The third-order valence-electron chi connectivity index (χ3n) is 2.50. The van der Waals surface area contributed by atoms with Gasteiger partial charge in [0.1, 0.15) is 4.88 Å². The maximum absolute atomic E-state index is 12.5. The van der Waals surface area contributed by atoms with Crippen molar-refractivity contribution >= 4 is 39.5 Å². The first-order valence-electron chi connectivity index (χ1n) is 5.91. The van der Waals surface area contributed by atoms with Gasteiger partial charge in [-0.05, 0) is 24.9 Å². The van der Waals surface area contributed by atoms with Gasteiger partial charge in [0.05, 0.1) is 4.90 Å². The van der Waals surface area contributed by atoms with E-state index in [4.69, 9.17) is 0 Å². The molecule has 0 fully saturated rings. The molecule has 0 aliphatic carbocycles. The van der Waals surface area contributed by atoms with Crippen LogP contribution in [0.2, 0.25) is 0 Å². The zero-order chi connectivity index (χ0) is 15.3. The van der Waals surface area contributed by atoms with Crippen molar-refractivity contribution in [1.29, 1.82) is 0 Å². The maximum atomic E-state index is 12.5. The topological polar surface area (TPSA) is 75.3 Å². The summed E-state index contributed by atoms with van der Waals surface area (Å²) in [6, 6.07) is 1.02. The zero-order valence-corrected chi connectivity index (χ0v) is 13.9. The molecule has 0 unspecified atom stereocenters. The van der Waals surface area contributed by atoms with Gasteiger partial charge in [0, 0.05) is 12.6 Å². The Labute approximate surface area is 132 Å². The van der Waals surface area contributed by atoms with E-state index in [1.54, 1.807) is 0 Å². The Kier molecular flexibility index (Phi) is 8.30. The predicted molar refractivity (Wildman–Crippen MR) is 80.2 cm³/mol. The molecule has 0 aliphatic rings. The van der Waals surface area contributed by atoms with Crippen molar-refractivity contribution in [3.8, 4) is 0 Å². The predicted octanol–water partition coefficient (Wildman–Crippen LogP) is 1.89. The van der Waals surface area contributed by atoms with Gasteiger partial charge in [0.25, 0.3) is 5.91 Å². The van der Waals surface area contributed by atoms with Crippen LogP contribution >= 0.6 is 23.7 Å². The largest absolute Gasteiger partial charge is 0.350 e. The maximum Gasteiger partial charge on any atom is 0.341 e. The standard InChI is InChI=1S/C11H16F2N2O3S2.ClH/c1-3-14-7(2)6-15-10(16)9-8(4-5-19-9)20(17,18)11(12)13;/h4-5,7,11,14H,3,6H2,1-2H3,(H,15,16);1H/t7-;/m1./s1. The van der Waals surface area contributed by atoms with E-state index in [2.05, 4.69) is 10.6 Å². The van der Waals surface area contributed by atoms with Crippen molar-refractivity contribution in [2.45, 2.75) is 30.5 Å². The van der Waals surface area contributed by atoms with Gasteiger partial charge in [-0.1, -0.05) is 6.92 Å². The van der Waals surface area contributed by atoms with Crippen LogP contribution in [0, 0.1) is 0 Å². The van der Waals surface area contributed by atoms with Crippen molar-refractivity contribution in [2.75, 3.05) is 13.1 Å². The Morgan fingerprint density at radius 1 is 1.43 bits per heavy atom. The van der Waals surface area contributed by atoms with Crippen LogP contribution in [0.15, 0.2) is 16.3 Å². The van der Waals surface area contributed by atoms with Gasteiger partial charge in [-0.2, -0.15) is 8.78 Å². The van der Waals surface area contributed by atoms with Gasteiger partial charge in [-0.3, -0.25) is 4.79 Å². The highest BCUT2D eigenvalue weighted by Gasteiger charge is 2.32. The Morgan fingerprint density at radius 3 is 2.57 bits per heavy atom. The molecule has 0 aromatic carbocycles. The molecule has 0 aliphatic heterocycles. The summed E-state index contributed by atoms with van der Waals surface area (Å²) < 4.78 is 47.9. The number of amides is 1. The van der Waals surface area contributed by atoms with Crippen LogP contribution in [0.3, 0.4) is 0 Å². The molecule has 0 spiro atoms. The molecule has 21 heavy (non-hydrogen) atoms. The number of rotatable bonds is 7. The highest BCUT2D eigenvalue weighted by Crippen LogP contribution is 2.26. The average Bonchev–Trinajstić information content (AvgIpc) is 2.86. The van der Waals surface area contributed by atoms with Gasteiger partial charge in [0.2, 0.25) is 9.84 Å². The average molecular weight is 363 g/mol. The third kappa shape index (κ3) is 5.17. The number of alkyl halides is 2. The molecule has 2 N–H and O–H groups in total. The summed E-state index contributed by atoms with van der Waals surface area (Å²) in [5.74, 6) is -4.20. The van der Waals surface area contributed by atoms with E-state index < -0.39 is 26.4 Å². The van der Waals surface area contributed by atoms with Gasteiger partial charge < -0.3 is 10.6 Å². The molecule has 10 heteroatoms. The van der Waals surface area contributed by atoms with E-state index in [0.29, 0.717) is 0 Å². The minimum atomic E-state index is -4.76. The lowest BCUT2D eigenvalue weighted by molar-refractivity contribution is 0.0951. The first kappa shape index (κ1) is 20.2. The van der Waals surface area contributed by atoms with Crippen LogP contribution in [0.25, 0.3) is 0 Å². The second-order valence-corrected chi connectivity index (χ2v) is 6.89. The number of carbonyl (C=O) groups excluding carboxylic acids is 1. The minimum absolute atomic E-state index is 0. The summed E-state index contributed by atoms with van der Waals surface area (Å²) >= 11 is 0.822. The Balaban J connectivity index is 0.00000400. The Bertz CT molecular complexity index is 564. The quantitative estimate of drug-likeness (QED) is 0.776. The third-order valence-corrected chi connectivity index (χ3v) is 4.96. The van der Waals surface area contributed by atoms with Crippen LogP contribution in [0.4, 0.5) is 8.78 Å². The molecular formula is C11H17ClF2N2O3S2. The van der Waals surface area contributed by atoms with E-state index in [0.717, 1.165) is 23.9 Å². The zero-order valence-electron chi connectivity index (χ0n) is 11.4. The van der Waals surface area contributed by atoms with Crippen LogP contribution in [0.1, 0.15) is 23.5 Å². The van der Waals surface area contributed by atoms with Crippen molar-refractivity contribution in [3.63, 3.8) is 0 Å². The lowest BCUT2D eigenvalue weighted by Crippen LogP contribution is -2.38. The van der Waals surface area contributed by atoms with Gasteiger partial charge >= 0.3 is 5.76 Å². The fourth-order valence-electron chi connectivity index (χ4n) is 1.53. The van der Waals surface area contributed by atoms with E-state index in [1.807, 2.05) is 13.8 Å². The number of carbonyl (C=O) groups is 1. The molecule has 0 bridgehead atoms. The number of likely N-dealkylation sites (N-methyl/N-ethyl adjacent to an activating group) is 1. The SMILES string of the molecule is CCN[C@H](C)CNC(=O)c1sccc1S(=O)(=O)C(F)F.Cl. The second-order valence-electron chi connectivity index (χ2n) is 4.09.